The quantitative estimate of drug-likeness (QED) is 0.815. The van der Waals surface area contributed by atoms with Gasteiger partial charge in [0.2, 0.25) is 5.91 Å². The number of rotatable bonds is 6. The third kappa shape index (κ3) is 4.04. The van der Waals surface area contributed by atoms with Crippen LogP contribution in [-0.2, 0) is 4.79 Å². The molecule has 1 aromatic heterocycles. The van der Waals surface area contributed by atoms with Gasteiger partial charge in [0, 0.05) is 12.1 Å². The topological polar surface area (TPSA) is 56.1 Å². The van der Waals surface area contributed by atoms with Crippen LogP contribution in [0.3, 0.4) is 0 Å². The molecule has 0 radical (unpaired) electrons. The van der Waals surface area contributed by atoms with Gasteiger partial charge in [-0.3, -0.25) is 4.79 Å². The van der Waals surface area contributed by atoms with Crippen molar-refractivity contribution in [2.45, 2.75) is 38.6 Å². The molecule has 1 aliphatic rings. The van der Waals surface area contributed by atoms with E-state index in [9.17, 15) is 4.79 Å². The second kappa shape index (κ2) is 7.81. The Hall–Kier alpha value is -2.56. The summed E-state index contributed by atoms with van der Waals surface area (Å²) >= 11 is 0. The average molecular weight is 325 g/mol. The molecule has 2 aromatic rings. The van der Waals surface area contributed by atoms with Crippen LogP contribution in [0.1, 0.15) is 44.2 Å². The van der Waals surface area contributed by atoms with Crippen LogP contribution in [0.4, 0.5) is 5.82 Å². The molecule has 0 bridgehead atoms. The molecule has 1 aromatic carbocycles. The Morgan fingerprint density at radius 2 is 2.04 bits per heavy atom. The summed E-state index contributed by atoms with van der Waals surface area (Å²) in [5, 5.41) is 7.28. The number of hydrogen-bond donors (Lipinski definition) is 1. The molecule has 5 heteroatoms. The minimum atomic E-state index is -0.149. The molecule has 5 nitrogen and oxygen atoms in total. The molecule has 3 rings (SSSR count). The van der Waals surface area contributed by atoms with Crippen LogP contribution in [0.25, 0.3) is 6.08 Å². The van der Waals surface area contributed by atoms with Gasteiger partial charge in [-0.2, -0.15) is 5.10 Å². The first-order valence-electron chi connectivity index (χ1n) is 8.51. The number of nitrogens with zero attached hydrogens (tertiary/aromatic N) is 2. The number of benzene rings is 1. The number of anilines is 1. The van der Waals surface area contributed by atoms with E-state index < -0.39 is 0 Å². The van der Waals surface area contributed by atoms with Crippen LogP contribution in [0.2, 0.25) is 0 Å². The van der Waals surface area contributed by atoms with Gasteiger partial charge < -0.3 is 10.1 Å². The van der Waals surface area contributed by atoms with Gasteiger partial charge in [0.25, 0.3) is 0 Å². The predicted octanol–water partition coefficient (Wildman–Crippen LogP) is 4.05. The highest BCUT2D eigenvalue weighted by Crippen LogP contribution is 2.31. The SMILES string of the molecule is CCOc1ccc(/C=C/C(=O)Nc2ccnn2C2CCCC2)cc1. The zero-order valence-corrected chi connectivity index (χ0v) is 13.9. The molecule has 0 spiro atoms. The number of carbonyl (C=O) groups excluding carboxylic acids is 1. The Balaban J connectivity index is 1.60. The third-order valence-corrected chi connectivity index (χ3v) is 4.21. The van der Waals surface area contributed by atoms with Crippen LogP contribution in [0, 0.1) is 0 Å². The van der Waals surface area contributed by atoms with Crippen molar-refractivity contribution in [3.8, 4) is 5.75 Å². The lowest BCUT2D eigenvalue weighted by molar-refractivity contribution is -0.111. The van der Waals surface area contributed by atoms with E-state index in [2.05, 4.69) is 10.4 Å². The molecule has 1 fully saturated rings. The fourth-order valence-electron chi connectivity index (χ4n) is 3.03. The minimum Gasteiger partial charge on any atom is -0.494 e. The highest BCUT2D eigenvalue weighted by Gasteiger charge is 2.20. The number of nitrogens with one attached hydrogen (secondary N) is 1. The summed E-state index contributed by atoms with van der Waals surface area (Å²) in [5.74, 6) is 1.45. The van der Waals surface area contributed by atoms with Gasteiger partial charge in [-0.1, -0.05) is 25.0 Å². The van der Waals surface area contributed by atoms with Crippen LogP contribution < -0.4 is 10.1 Å². The van der Waals surface area contributed by atoms with E-state index in [-0.39, 0.29) is 5.91 Å². The Kier molecular flexibility index (Phi) is 5.31. The largest absolute Gasteiger partial charge is 0.494 e. The molecule has 0 saturated heterocycles. The lowest BCUT2D eigenvalue weighted by atomic mass is 10.2. The van der Waals surface area contributed by atoms with Gasteiger partial charge in [0.15, 0.2) is 0 Å². The Morgan fingerprint density at radius 3 is 2.75 bits per heavy atom. The van der Waals surface area contributed by atoms with Crippen LogP contribution >= 0.6 is 0 Å². The van der Waals surface area contributed by atoms with E-state index in [1.807, 2.05) is 41.9 Å². The molecule has 0 atom stereocenters. The zero-order chi connectivity index (χ0) is 16.8. The van der Waals surface area contributed by atoms with Gasteiger partial charge >= 0.3 is 0 Å². The van der Waals surface area contributed by atoms with E-state index in [4.69, 9.17) is 4.74 Å². The Morgan fingerprint density at radius 1 is 1.29 bits per heavy atom. The Bertz CT molecular complexity index is 698. The highest BCUT2D eigenvalue weighted by atomic mass is 16.5. The minimum absolute atomic E-state index is 0.149. The van der Waals surface area contributed by atoms with Crippen molar-refractivity contribution in [1.82, 2.24) is 9.78 Å². The number of ether oxygens (including phenoxy) is 1. The maximum Gasteiger partial charge on any atom is 0.249 e. The highest BCUT2D eigenvalue weighted by molar-refractivity contribution is 6.01. The molecule has 1 saturated carbocycles. The van der Waals surface area contributed by atoms with Crippen molar-refractivity contribution >= 4 is 17.8 Å². The van der Waals surface area contributed by atoms with Crippen molar-refractivity contribution in [2.75, 3.05) is 11.9 Å². The van der Waals surface area contributed by atoms with Crippen LogP contribution in [-0.4, -0.2) is 22.3 Å². The van der Waals surface area contributed by atoms with E-state index in [0.717, 1.165) is 30.0 Å². The lowest BCUT2D eigenvalue weighted by Gasteiger charge is -2.13. The molecule has 24 heavy (non-hydrogen) atoms. The number of amides is 1. The molecular formula is C19H23N3O2. The van der Waals surface area contributed by atoms with E-state index in [1.54, 1.807) is 18.3 Å². The molecule has 1 heterocycles. The predicted molar refractivity (Wildman–Crippen MR) is 95.0 cm³/mol. The molecule has 1 N–H and O–H groups in total. The van der Waals surface area contributed by atoms with E-state index >= 15 is 0 Å². The fraction of sp³-hybridized carbons (Fsp3) is 0.368. The first-order chi connectivity index (χ1) is 11.8. The smallest absolute Gasteiger partial charge is 0.249 e. The van der Waals surface area contributed by atoms with Crippen molar-refractivity contribution in [1.29, 1.82) is 0 Å². The number of hydrogen-bond acceptors (Lipinski definition) is 3. The summed E-state index contributed by atoms with van der Waals surface area (Å²) in [7, 11) is 0. The van der Waals surface area contributed by atoms with Crippen LogP contribution in [0.15, 0.2) is 42.6 Å². The van der Waals surface area contributed by atoms with Crippen LogP contribution in [0.5, 0.6) is 5.75 Å². The number of aromatic nitrogens is 2. The maximum atomic E-state index is 12.2. The molecular weight excluding hydrogens is 302 g/mol. The van der Waals surface area contributed by atoms with Gasteiger partial charge in [0.05, 0.1) is 18.8 Å². The van der Waals surface area contributed by atoms with Crippen molar-refractivity contribution in [3.05, 3.63) is 48.2 Å². The zero-order valence-electron chi connectivity index (χ0n) is 13.9. The van der Waals surface area contributed by atoms with E-state index in [0.29, 0.717) is 12.6 Å². The first-order valence-corrected chi connectivity index (χ1v) is 8.51. The van der Waals surface area contributed by atoms with Crippen molar-refractivity contribution in [3.63, 3.8) is 0 Å². The molecule has 126 valence electrons. The van der Waals surface area contributed by atoms with Gasteiger partial charge in [-0.15, -0.1) is 0 Å². The number of carbonyl (C=O) groups is 1. The van der Waals surface area contributed by atoms with Gasteiger partial charge in [-0.05, 0) is 43.5 Å². The first kappa shape index (κ1) is 16.3. The van der Waals surface area contributed by atoms with Crippen molar-refractivity contribution in [2.24, 2.45) is 0 Å². The second-order valence-electron chi connectivity index (χ2n) is 5.92. The van der Waals surface area contributed by atoms with E-state index in [1.165, 1.54) is 12.8 Å². The molecule has 1 amide bonds. The average Bonchev–Trinajstić information content (AvgIpc) is 3.25. The summed E-state index contributed by atoms with van der Waals surface area (Å²) in [6, 6.07) is 9.91. The van der Waals surface area contributed by atoms with Gasteiger partial charge in [0.1, 0.15) is 11.6 Å². The summed E-state index contributed by atoms with van der Waals surface area (Å²) in [5.41, 5.74) is 0.956. The normalized spacial score (nSPS) is 15.0. The summed E-state index contributed by atoms with van der Waals surface area (Å²) in [4.78, 5) is 12.2. The molecule has 0 unspecified atom stereocenters. The lowest BCUT2D eigenvalue weighted by Crippen LogP contribution is -2.15. The summed E-state index contributed by atoms with van der Waals surface area (Å²) in [6.45, 7) is 2.60. The third-order valence-electron chi connectivity index (χ3n) is 4.21. The fourth-order valence-corrected chi connectivity index (χ4v) is 3.03. The van der Waals surface area contributed by atoms with Crippen molar-refractivity contribution < 1.29 is 9.53 Å². The maximum absolute atomic E-state index is 12.2. The second-order valence-corrected chi connectivity index (χ2v) is 5.92. The summed E-state index contributed by atoms with van der Waals surface area (Å²) < 4.78 is 7.35. The standard InChI is InChI=1S/C19H23N3O2/c1-2-24-17-10-7-15(8-11-17)9-12-19(23)21-18-13-14-20-22(18)16-5-3-4-6-16/h7-14,16H,2-6H2,1H3,(H,21,23)/b12-9+. The monoisotopic (exact) mass is 325 g/mol. The molecule has 1 aliphatic carbocycles. The molecule has 0 aliphatic heterocycles. The van der Waals surface area contributed by atoms with Gasteiger partial charge in [-0.25, -0.2) is 4.68 Å². The summed E-state index contributed by atoms with van der Waals surface area (Å²) in [6.07, 6.45) is 9.80. The Labute approximate surface area is 142 Å².